The molecule has 1 aromatic rings. The van der Waals surface area contributed by atoms with Crippen molar-refractivity contribution in [3.8, 4) is 0 Å². The zero-order valence-corrected chi connectivity index (χ0v) is 16.4. The number of amides is 1. The Kier molecular flexibility index (Phi) is 6.23. The molecule has 4 atom stereocenters. The highest BCUT2D eigenvalue weighted by atomic mass is 16.6. The van der Waals surface area contributed by atoms with E-state index < -0.39 is 5.60 Å². The molecule has 0 heterocycles. The molecule has 1 N–H and O–H groups in total. The monoisotopic (exact) mass is 359 g/mol. The molecule has 2 saturated carbocycles. The molecule has 1 amide bonds. The molecule has 1 aromatic carbocycles. The van der Waals surface area contributed by atoms with E-state index in [0.29, 0.717) is 18.4 Å². The summed E-state index contributed by atoms with van der Waals surface area (Å²) in [5, 5.41) is 3.08. The van der Waals surface area contributed by atoms with Gasteiger partial charge in [0.15, 0.2) is 0 Å². The van der Waals surface area contributed by atoms with E-state index >= 15 is 0 Å². The van der Waals surface area contributed by atoms with Gasteiger partial charge in [0.2, 0.25) is 0 Å². The average molecular weight is 360 g/mol. The Bertz CT molecular complexity index is 581. The minimum absolute atomic E-state index is 0.259. The van der Waals surface area contributed by atoms with Crippen LogP contribution in [0.3, 0.4) is 0 Å². The summed E-state index contributed by atoms with van der Waals surface area (Å²) >= 11 is 0. The zero-order chi connectivity index (χ0) is 18.6. The molecular weight excluding hydrogens is 326 g/mol. The SMILES string of the molecule is CC(C)(C)OC(=O)NC1CCC2C(COCc3ccccc3)CCC2C1. The lowest BCUT2D eigenvalue weighted by Crippen LogP contribution is -2.43. The molecule has 144 valence electrons. The molecule has 0 saturated heterocycles. The standard InChI is InChI=1S/C22H33NO3/c1-22(2,3)26-21(24)23-19-11-12-20-17(13-19)9-10-18(20)15-25-14-16-7-5-4-6-8-16/h4-8,17-20H,9-15H2,1-3H3,(H,23,24). The fraction of sp³-hybridized carbons (Fsp3) is 0.682. The number of nitrogens with one attached hydrogen (secondary N) is 1. The van der Waals surface area contributed by atoms with Crippen molar-refractivity contribution in [1.29, 1.82) is 0 Å². The van der Waals surface area contributed by atoms with Gasteiger partial charge >= 0.3 is 6.09 Å². The number of benzene rings is 1. The Morgan fingerprint density at radius 1 is 1.12 bits per heavy atom. The molecule has 3 rings (SSSR count). The van der Waals surface area contributed by atoms with Gasteiger partial charge in [-0.25, -0.2) is 4.79 Å². The lowest BCUT2D eigenvalue weighted by atomic mass is 9.76. The van der Waals surface area contributed by atoms with E-state index in [0.717, 1.165) is 25.4 Å². The third kappa shape index (κ3) is 5.47. The zero-order valence-electron chi connectivity index (χ0n) is 16.4. The molecule has 26 heavy (non-hydrogen) atoms. The van der Waals surface area contributed by atoms with Crippen molar-refractivity contribution in [1.82, 2.24) is 5.32 Å². The van der Waals surface area contributed by atoms with E-state index in [-0.39, 0.29) is 12.1 Å². The molecule has 0 spiro atoms. The first-order chi connectivity index (χ1) is 12.4. The number of carbonyl (C=O) groups excluding carboxylic acids is 1. The second kappa shape index (κ2) is 8.43. The highest BCUT2D eigenvalue weighted by molar-refractivity contribution is 5.68. The minimum Gasteiger partial charge on any atom is -0.444 e. The molecule has 0 radical (unpaired) electrons. The third-order valence-corrected chi connectivity index (χ3v) is 5.72. The third-order valence-electron chi connectivity index (χ3n) is 5.72. The number of hydrogen-bond donors (Lipinski definition) is 1. The van der Waals surface area contributed by atoms with Crippen LogP contribution in [0.5, 0.6) is 0 Å². The topological polar surface area (TPSA) is 47.6 Å². The van der Waals surface area contributed by atoms with Gasteiger partial charge in [0.25, 0.3) is 0 Å². The molecular formula is C22H33NO3. The first-order valence-electron chi connectivity index (χ1n) is 10.0. The van der Waals surface area contributed by atoms with Gasteiger partial charge in [-0.1, -0.05) is 30.3 Å². The summed E-state index contributed by atoms with van der Waals surface area (Å²) in [6.07, 6.45) is 5.56. The van der Waals surface area contributed by atoms with Crippen LogP contribution in [-0.2, 0) is 16.1 Å². The van der Waals surface area contributed by atoms with Crippen molar-refractivity contribution < 1.29 is 14.3 Å². The molecule has 4 heteroatoms. The highest BCUT2D eigenvalue weighted by Gasteiger charge is 2.40. The fourth-order valence-electron chi connectivity index (χ4n) is 4.60. The van der Waals surface area contributed by atoms with Crippen molar-refractivity contribution in [3.63, 3.8) is 0 Å². The Morgan fingerprint density at radius 3 is 2.62 bits per heavy atom. The van der Waals surface area contributed by atoms with E-state index in [4.69, 9.17) is 9.47 Å². The maximum Gasteiger partial charge on any atom is 0.407 e. The molecule has 4 nitrogen and oxygen atoms in total. The van der Waals surface area contributed by atoms with Crippen LogP contribution >= 0.6 is 0 Å². The van der Waals surface area contributed by atoms with Crippen LogP contribution in [0.1, 0.15) is 58.4 Å². The predicted octanol–water partition coefficient (Wildman–Crippen LogP) is 4.92. The molecule has 4 unspecified atom stereocenters. The largest absolute Gasteiger partial charge is 0.444 e. The Hall–Kier alpha value is -1.55. The number of rotatable bonds is 5. The molecule has 0 bridgehead atoms. The van der Waals surface area contributed by atoms with Crippen molar-refractivity contribution >= 4 is 6.09 Å². The van der Waals surface area contributed by atoms with Gasteiger partial charge in [0.1, 0.15) is 5.60 Å². The van der Waals surface area contributed by atoms with E-state index in [1.54, 1.807) is 0 Å². The van der Waals surface area contributed by atoms with Gasteiger partial charge in [-0.2, -0.15) is 0 Å². The van der Waals surface area contributed by atoms with Gasteiger partial charge in [0, 0.05) is 6.04 Å². The Labute approximate surface area is 157 Å². The second-order valence-corrected chi connectivity index (χ2v) is 8.92. The summed E-state index contributed by atoms with van der Waals surface area (Å²) in [5.41, 5.74) is 0.808. The molecule has 2 aliphatic carbocycles. The molecule has 2 aliphatic rings. The maximum absolute atomic E-state index is 12.0. The van der Waals surface area contributed by atoms with Crippen LogP contribution in [0.25, 0.3) is 0 Å². The van der Waals surface area contributed by atoms with Crippen molar-refractivity contribution in [2.75, 3.05) is 6.61 Å². The predicted molar refractivity (Wildman–Crippen MR) is 103 cm³/mol. The summed E-state index contributed by atoms with van der Waals surface area (Å²) < 4.78 is 11.4. The van der Waals surface area contributed by atoms with Crippen molar-refractivity contribution in [2.45, 2.75) is 71.1 Å². The van der Waals surface area contributed by atoms with E-state index in [1.807, 2.05) is 26.8 Å². The smallest absolute Gasteiger partial charge is 0.407 e. The first-order valence-corrected chi connectivity index (χ1v) is 10.0. The number of hydrogen-bond acceptors (Lipinski definition) is 3. The quantitative estimate of drug-likeness (QED) is 0.811. The lowest BCUT2D eigenvalue weighted by molar-refractivity contribution is 0.0429. The van der Waals surface area contributed by atoms with Crippen LogP contribution in [0.2, 0.25) is 0 Å². The number of carbonyl (C=O) groups is 1. The van der Waals surface area contributed by atoms with E-state index in [9.17, 15) is 4.79 Å². The van der Waals surface area contributed by atoms with Crippen LogP contribution in [0.15, 0.2) is 30.3 Å². The fourth-order valence-corrected chi connectivity index (χ4v) is 4.60. The Balaban J connectivity index is 1.41. The Morgan fingerprint density at radius 2 is 1.88 bits per heavy atom. The highest BCUT2D eigenvalue weighted by Crippen LogP contribution is 2.46. The number of ether oxygens (including phenoxy) is 2. The van der Waals surface area contributed by atoms with Gasteiger partial charge < -0.3 is 14.8 Å². The summed E-state index contributed by atoms with van der Waals surface area (Å²) in [5.74, 6) is 2.14. The normalized spacial score (nSPS) is 28.4. The van der Waals surface area contributed by atoms with E-state index in [1.165, 1.54) is 24.8 Å². The van der Waals surface area contributed by atoms with Crippen LogP contribution in [-0.4, -0.2) is 24.3 Å². The first kappa shape index (κ1) is 19.2. The maximum atomic E-state index is 12.0. The van der Waals surface area contributed by atoms with Crippen LogP contribution in [0, 0.1) is 17.8 Å². The van der Waals surface area contributed by atoms with Crippen molar-refractivity contribution in [3.05, 3.63) is 35.9 Å². The summed E-state index contributed by atoms with van der Waals surface area (Å²) in [6.45, 7) is 7.28. The van der Waals surface area contributed by atoms with Gasteiger partial charge in [0.05, 0.1) is 13.2 Å². The minimum atomic E-state index is -0.435. The van der Waals surface area contributed by atoms with E-state index in [2.05, 4.69) is 29.6 Å². The van der Waals surface area contributed by atoms with Gasteiger partial charge in [-0.15, -0.1) is 0 Å². The van der Waals surface area contributed by atoms with Crippen LogP contribution in [0.4, 0.5) is 4.79 Å². The van der Waals surface area contributed by atoms with Crippen LogP contribution < -0.4 is 5.32 Å². The second-order valence-electron chi connectivity index (χ2n) is 8.92. The summed E-state index contributed by atoms with van der Waals surface area (Å²) in [7, 11) is 0. The summed E-state index contributed by atoms with van der Waals surface area (Å²) in [4.78, 5) is 12.0. The lowest BCUT2D eigenvalue weighted by Gasteiger charge is -2.35. The van der Waals surface area contributed by atoms with Gasteiger partial charge in [-0.05, 0) is 76.2 Å². The molecule has 0 aliphatic heterocycles. The number of fused-ring (bicyclic) bond motifs is 1. The summed E-state index contributed by atoms with van der Waals surface area (Å²) in [6, 6.07) is 10.6. The van der Waals surface area contributed by atoms with Gasteiger partial charge in [-0.3, -0.25) is 0 Å². The van der Waals surface area contributed by atoms with Crippen molar-refractivity contribution in [2.24, 2.45) is 17.8 Å². The average Bonchev–Trinajstić information content (AvgIpc) is 2.96. The number of alkyl carbamates (subject to hydrolysis) is 1. The molecule has 0 aromatic heterocycles. The molecule has 2 fully saturated rings.